The number of halogens is 3. The molecule has 0 fully saturated rings. The summed E-state index contributed by atoms with van der Waals surface area (Å²) in [4.78, 5) is 0. The second kappa shape index (κ2) is 4.96. The predicted molar refractivity (Wildman–Crippen MR) is 56.6 cm³/mol. The van der Waals surface area contributed by atoms with Gasteiger partial charge in [0.05, 0.1) is 18.7 Å². The first-order valence-corrected chi connectivity index (χ1v) is 4.69. The zero-order chi connectivity index (χ0) is 12.2. The molecule has 0 spiro atoms. The summed E-state index contributed by atoms with van der Waals surface area (Å²) in [6.45, 7) is -0.424. The third-order valence-corrected chi connectivity index (χ3v) is 1.94. The van der Waals surface area contributed by atoms with Crippen LogP contribution in [0.25, 0.3) is 0 Å². The van der Waals surface area contributed by atoms with Crippen LogP contribution < -0.4 is 15.8 Å². The van der Waals surface area contributed by atoms with Crippen molar-refractivity contribution in [3.63, 3.8) is 0 Å². The topological polar surface area (TPSA) is 47.3 Å². The van der Waals surface area contributed by atoms with E-state index in [-0.39, 0.29) is 5.75 Å². The highest BCUT2D eigenvalue weighted by atomic mass is 19.4. The van der Waals surface area contributed by atoms with Gasteiger partial charge in [-0.25, -0.2) is 0 Å². The Morgan fingerprint density at radius 2 is 2.06 bits per heavy atom. The van der Waals surface area contributed by atoms with Gasteiger partial charge < -0.3 is 15.8 Å². The average molecular weight is 234 g/mol. The van der Waals surface area contributed by atoms with Gasteiger partial charge in [0.15, 0.2) is 0 Å². The fraction of sp³-hybridized carbons (Fsp3) is 0.400. The van der Waals surface area contributed by atoms with Crippen molar-refractivity contribution in [3.05, 3.63) is 18.2 Å². The molecular formula is C10H13F3N2O. The molecule has 0 aromatic heterocycles. The molecule has 6 heteroatoms. The highest BCUT2D eigenvalue weighted by molar-refractivity contribution is 5.62. The van der Waals surface area contributed by atoms with Gasteiger partial charge in [0.25, 0.3) is 0 Å². The van der Waals surface area contributed by atoms with E-state index in [0.29, 0.717) is 5.69 Å². The molecule has 0 unspecified atom stereocenters. The Morgan fingerprint density at radius 3 is 2.56 bits per heavy atom. The summed E-state index contributed by atoms with van der Waals surface area (Å²) in [5, 5.41) is 2.86. The molecule has 1 rings (SSSR count). The highest BCUT2D eigenvalue weighted by Gasteiger charge is 2.26. The average Bonchev–Trinajstić information content (AvgIpc) is 2.18. The smallest absolute Gasteiger partial charge is 0.392 e. The number of ether oxygens (including phenoxy) is 1. The van der Waals surface area contributed by atoms with Crippen LogP contribution in [-0.4, -0.2) is 19.8 Å². The zero-order valence-corrected chi connectivity index (χ0v) is 8.77. The molecule has 0 radical (unpaired) electrons. The number of rotatable bonds is 4. The van der Waals surface area contributed by atoms with Gasteiger partial charge in [-0.15, -0.1) is 0 Å². The standard InChI is InChI=1S/C10H13F3N2O/c1-15-7-2-3-9(8(14)6-7)16-5-4-10(11,12)13/h2-3,6,15H,4-5,14H2,1H3. The highest BCUT2D eigenvalue weighted by Crippen LogP contribution is 2.26. The molecule has 0 saturated heterocycles. The Kier molecular flexibility index (Phi) is 3.87. The summed E-state index contributed by atoms with van der Waals surface area (Å²) in [5.41, 5.74) is 6.69. The fourth-order valence-corrected chi connectivity index (χ4v) is 1.11. The molecule has 0 aliphatic heterocycles. The Labute approximate surface area is 91.4 Å². The molecule has 1 aromatic rings. The first-order valence-electron chi connectivity index (χ1n) is 4.69. The van der Waals surface area contributed by atoms with E-state index >= 15 is 0 Å². The molecule has 0 bridgehead atoms. The fourth-order valence-electron chi connectivity index (χ4n) is 1.11. The quantitative estimate of drug-likeness (QED) is 0.787. The Bertz CT molecular complexity index is 352. The monoisotopic (exact) mass is 234 g/mol. The van der Waals surface area contributed by atoms with Gasteiger partial charge >= 0.3 is 6.18 Å². The van der Waals surface area contributed by atoms with Crippen molar-refractivity contribution in [2.45, 2.75) is 12.6 Å². The number of benzene rings is 1. The van der Waals surface area contributed by atoms with E-state index < -0.39 is 19.2 Å². The number of hydrogen-bond acceptors (Lipinski definition) is 3. The van der Waals surface area contributed by atoms with Crippen molar-refractivity contribution in [2.24, 2.45) is 0 Å². The van der Waals surface area contributed by atoms with Crippen molar-refractivity contribution in [2.75, 3.05) is 24.7 Å². The van der Waals surface area contributed by atoms with E-state index in [4.69, 9.17) is 10.5 Å². The molecule has 3 nitrogen and oxygen atoms in total. The zero-order valence-electron chi connectivity index (χ0n) is 8.77. The molecule has 0 amide bonds. The molecular weight excluding hydrogens is 221 g/mol. The van der Waals surface area contributed by atoms with Crippen LogP contribution in [0.15, 0.2) is 18.2 Å². The molecule has 0 aliphatic rings. The third kappa shape index (κ3) is 3.88. The van der Waals surface area contributed by atoms with E-state index in [2.05, 4.69) is 5.32 Å². The number of hydrogen-bond donors (Lipinski definition) is 2. The summed E-state index contributed by atoms with van der Waals surface area (Å²) in [6, 6.07) is 4.82. The van der Waals surface area contributed by atoms with Gasteiger partial charge in [-0.05, 0) is 18.2 Å². The van der Waals surface area contributed by atoms with Gasteiger partial charge in [-0.1, -0.05) is 0 Å². The Balaban J connectivity index is 2.55. The largest absolute Gasteiger partial charge is 0.491 e. The molecule has 16 heavy (non-hydrogen) atoms. The molecule has 0 heterocycles. The molecule has 1 aromatic carbocycles. The summed E-state index contributed by atoms with van der Waals surface area (Å²) in [7, 11) is 1.72. The second-order valence-corrected chi connectivity index (χ2v) is 3.22. The van der Waals surface area contributed by atoms with E-state index in [1.165, 1.54) is 6.07 Å². The molecule has 0 atom stereocenters. The van der Waals surface area contributed by atoms with Crippen LogP contribution in [0.4, 0.5) is 24.5 Å². The van der Waals surface area contributed by atoms with Gasteiger partial charge in [-0.3, -0.25) is 0 Å². The van der Waals surface area contributed by atoms with E-state index in [0.717, 1.165) is 5.69 Å². The van der Waals surface area contributed by atoms with E-state index in [1.807, 2.05) is 0 Å². The lowest BCUT2D eigenvalue weighted by atomic mass is 10.2. The molecule has 90 valence electrons. The lowest BCUT2D eigenvalue weighted by molar-refractivity contribution is -0.139. The lowest BCUT2D eigenvalue weighted by Gasteiger charge is -2.11. The summed E-state index contributed by atoms with van der Waals surface area (Å²) in [6.07, 6.45) is -5.19. The van der Waals surface area contributed by atoms with Crippen LogP contribution in [0.3, 0.4) is 0 Å². The van der Waals surface area contributed by atoms with Crippen molar-refractivity contribution in [1.82, 2.24) is 0 Å². The predicted octanol–water partition coefficient (Wildman–Crippen LogP) is 2.64. The maximum absolute atomic E-state index is 11.9. The van der Waals surface area contributed by atoms with Gasteiger partial charge in [0.1, 0.15) is 5.75 Å². The second-order valence-electron chi connectivity index (χ2n) is 3.22. The number of anilines is 2. The van der Waals surface area contributed by atoms with E-state index in [1.54, 1.807) is 19.2 Å². The van der Waals surface area contributed by atoms with Crippen LogP contribution in [0, 0.1) is 0 Å². The number of alkyl halides is 3. The van der Waals surface area contributed by atoms with E-state index in [9.17, 15) is 13.2 Å². The summed E-state index contributed by atoms with van der Waals surface area (Å²) in [5.74, 6) is 0.267. The lowest BCUT2D eigenvalue weighted by Crippen LogP contribution is -2.13. The van der Waals surface area contributed by atoms with Gasteiger partial charge in [0.2, 0.25) is 0 Å². The van der Waals surface area contributed by atoms with Crippen LogP contribution in [0.5, 0.6) is 5.75 Å². The van der Waals surface area contributed by atoms with Gasteiger partial charge in [-0.2, -0.15) is 13.2 Å². The summed E-state index contributed by atoms with van der Waals surface area (Å²) >= 11 is 0. The SMILES string of the molecule is CNc1ccc(OCCC(F)(F)F)c(N)c1. The first kappa shape index (κ1) is 12.5. The minimum Gasteiger partial charge on any atom is -0.491 e. The first-order chi connectivity index (χ1) is 7.42. The van der Waals surface area contributed by atoms with Crippen LogP contribution >= 0.6 is 0 Å². The Hall–Kier alpha value is -1.59. The van der Waals surface area contributed by atoms with Crippen molar-refractivity contribution in [1.29, 1.82) is 0 Å². The number of nitrogens with two attached hydrogens (primary N) is 1. The van der Waals surface area contributed by atoms with Crippen molar-refractivity contribution < 1.29 is 17.9 Å². The van der Waals surface area contributed by atoms with Crippen LogP contribution in [-0.2, 0) is 0 Å². The summed E-state index contributed by atoms with van der Waals surface area (Å²) < 4.78 is 40.5. The van der Waals surface area contributed by atoms with Crippen LogP contribution in [0.1, 0.15) is 6.42 Å². The Morgan fingerprint density at radius 1 is 1.38 bits per heavy atom. The maximum atomic E-state index is 11.9. The minimum atomic E-state index is -4.21. The number of nitrogens with one attached hydrogen (secondary N) is 1. The van der Waals surface area contributed by atoms with Gasteiger partial charge in [0, 0.05) is 12.7 Å². The molecule has 0 aliphatic carbocycles. The normalized spacial score (nSPS) is 11.2. The molecule has 0 saturated carbocycles. The third-order valence-electron chi connectivity index (χ3n) is 1.94. The van der Waals surface area contributed by atoms with Crippen LogP contribution in [0.2, 0.25) is 0 Å². The minimum absolute atomic E-state index is 0.267. The maximum Gasteiger partial charge on any atom is 0.392 e. The number of nitrogen functional groups attached to an aromatic ring is 1. The van der Waals surface area contributed by atoms with Crippen molar-refractivity contribution in [3.8, 4) is 5.75 Å². The molecule has 3 N–H and O–H groups in total. The van der Waals surface area contributed by atoms with Crippen molar-refractivity contribution >= 4 is 11.4 Å².